The van der Waals surface area contributed by atoms with Crippen LogP contribution >= 0.6 is 0 Å². The molecule has 20 heavy (non-hydrogen) atoms. The van der Waals surface area contributed by atoms with E-state index in [-0.39, 0.29) is 5.56 Å². The van der Waals surface area contributed by atoms with E-state index in [9.17, 15) is 22.8 Å². The van der Waals surface area contributed by atoms with Gasteiger partial charge in [0.05, 0.1) is 0 Å². The molecular weight excluding hydrogens is 273 g/mol. The zero-order chi connectivity index (χ0) is 14.4. The van der Waals surface area contributed by atoms with Crippen molar-refractivity contribution in [3.05, 3.63) is 67.2 Å². The third-order valence-electron chi connectivity index (χ3n) is 3.51. The van der Waals surface area contributed by atoms with Crippen molar-refractivity contribution in [2.75, 3.05) is 0 Å². The van der Waals surface area contributed by atoms with E-state index in [1.807, 2.05) is 0 Å². The van der Waals surface area contributed by atoms with Gasteiger partial charge in [-0.1, -0.05) is 0 Å². The minimum absolute atomic E-state index is 0.196. The molecule has 0 saturated carbocycles. The third-order valence-corrected chi connectivity index (χ3v) is 3.51. The predicted molar refractivity (Wildman–Crippen MR) is 64.2 cm³/mol. The summed E-state index contributed by atoms with van der Waals surface area (Å²) in [5.41, 5.74) is -0.261. The molecule has 1 aromatic heterocycles. The first-order valence-corrected chi connectivity index (χ1v) is 5.97. The van der Waals surface area contributed by atoms with E-state index in [0.717, 1.165) is 12.1 Å². The Bertz CT molecular complexity index is 787. The van der Waals surface area contributed by atoms with E-state index in [4.69, 9.17) is 0 Å². The lowest BCUT2D eigenvalue weighted by molar-refractivity contribution is 0.444. The first-order valence-electron chi connectivity index (χ1n) is 5.97. The normalized spacial score (nSPS) is 17.2. The molecule has 1 unspecified atom stereocenters. The van der Waals surface area contributed by atoms with Gasteiger partial charge in [0.15, 0.2) is 17.5 Å². The number of H-pyrrole nitrogens is 2. The van der Waals surface area contributed by atoms with Gasteiger partial charge in [0.2, 0.25) is 0 Å². The Morgan fingerprint density at radius 1 is 1.05 bits per heavy atom. The van der Waals surface area contributed by atoms with Crippen LogP contribution in [-0.2, 0) is 6.42 Å². The Hall–Kier alpha value is -2.31. The Labute approximate surface area is 110 Å². The van der Waals surface area contributed by atoms with Gasteiger partial charge >= 0.3 is 5.69 Å². The largest absolute Gasteiger partial charge is 0.325 e. The van der Waals surface area contributed by atoms with Crippen molar-refractivity contribution in [2.45, 2.75) is 18.8 Å². The van der Waals surface area contributed by atoms with Crippen LogP contribution in [0.2, 0.25) is 0 Å². The molecule has 0 spiro atoms. The van der Waals surface area contributed by atoms with Gasteiger partial charge in [0.25, 0.3) is 5.56 Å². The fourth-order valence-electron chi connectivity index (χ4n) is 2.62. The molecular formula is C13H9F3N2O2. The van der Waals surface area contributed by atoms with Crippen molar-refractivity contribution in [2.24, 2.45) is 0 Å². The summed E-state index contributed by atoms with van der Waals surface area (Å²) in [6.07, 6.45) is 0.801. The van der Waals surface area contributed by atoms with Crippen LogP contribution < -0.4 is 11.2 Å². The second kappa shape index (κ2) is 4.36. The van der Waals surface area contributed by atoms with Crippen molar-refractivity contribution >= 4 is 0 Å². The van der Waals surface area contributed by atoms with E-state index in [1.165, 1.54) is 0 Å². The molecule has 0 amide bonds. The van der Waals surface area contributed by atoms with Crippen LogP contribution in [0.1, 0.15) is 29.2 Å². The summed E-state index contributed by atoms with van der Waals surface area (Å²) in [4.78, 5) is 27.5. The second-order valence-electron chi connectivity index (χ2n) is 4.69. The highest BCUT2D eigenvalue weighted by Crippen LogP contribution is 2.35. The lowest BCUT2D eigenvalue weighted by atomic mass is 9.96. The number of fused-ring (bicyclic) bond motifs is 1. The van der Waals surface area contributed by atoms with Crippen LogP contribution in [0.25, 0.3) is 0 Å². The number of hydrogen-bond acceptors (Lipinski definition) is 2. The second-order valence-corrected chi connectivity index (χ2v) is 4.69. The summed E-state index contributed by atoms with van der Waals surface area (Å²) in [5.74, 6) is -4.64. The maximum absolute atomic E-state index is 13.3. The van der Waals surface area contributed by atoms with Gasteiger partial charge in [-0.25, -0.2) is 18.0 Å². The maximum atomic E-state index is 13.3. The van der Waals surface area contributed by atoms with Gasteiger partial charge < -0.3 is 4.98 Å². The summed E-state index contributed by atoms with van der Waals surface area (Å²) in [6.45, 7) is 0. The quantitative estimate of drug-likeness (QED) is 0.779. The number of nitrogens with one attached hydrogen (secondary N) is 2. The molecule has 1 aliphatic rings. The Kier molecular flexibility index (Phi) is 2.77. The van der Waals surface area contributed by atoms with E-state index in [1.54, 1.807) is 0 Å². The monoisotopic (exact) mass is 282 g/mol. The van der Waals surface area contributed by atoms with Crippen molar-refractivity contribution in [1.82, 2.24) is 9.97 Å². The number of aromatic amines is 2. The first kappa shape index (κ1) is 12.7. The maximum Gasteiger partial charge on any atom is 0.325 e. The zero-order valence-corrected chi connectivity index (χ0v) is 10.1. The topological polar surface area (TPSA) is 65.7 Å². The van der Waals surface area contributed by atoms with Crippen molar-refractivity contribution in [3.8, 4) is 0 Å². The molecule has 0 fully saturated rings. The lowest BCUT2D eigenvalue weighted by Gasteiger charge is -2.12. The summed E-state index contributed by atoms with van der Waals surface area (Å²) in [7, 11) is 0. The third kappa shape index (κ3) is 1.86. The summed E-state index contributed by atoms with van der Waals surface area (Å²) < 4.78 is 39.5. The van der Waals surface area contributed by atoms with Crippen LogP contribution in [-0.4, -0.2) is 9.97 Å². The van der Waals surface area contributed by atoms with E-state index in [0.29, 0.717) is 24.1 Å². The minimum atomic E-state index is -1.54. The molecule has 104 valence electrons. The van der Waals surface area contributed by atoms with E-state index in [2.05, 4.69) is 9.97 Å². The highest BCUT2D eigenvalue weighted by atomic mass is 19.2. The average Bonchev–Trinajstić information content (AvgIpc) is 2.79. The molecule has 0 radical (unpaired) electrons. The average molecular weight is 282 g/mol. The van der Waals surface area contributed by atoms with Crippen LogP contribution in [0.15, 0.2) is 21.7 Å². The SMILES string of the molecule is O=c1[nH]c2c(c(=O)[nH]1)CCC2c1cc(F)c(F)c(F)c1. The van der Waals surface area contributed by atoms with Crippen LogP contribution in [0.3, 0.4) is 0 Å². The van der Waals surface area contributed by atoms with Gasteiger partial charge in [-0.3, -0.25) is 9.78 Å². The number of aromatic nitrogens is 2. The van der Waals surface area contributed by atoms with E-state index < -0.39 is 34.6 Å². The molecule has 1 heterocycles. The van der Waals surface area contributed by atoms with Gasteiger partial charge in [0, 0.05) is 17.2 Å². The Balaban J connectivity index is 2.17. The fraction of sp³-hybridized carbons (Fsp3) is 0.231. The molecule has 1 atom stereocenters. The highest BCUT2D eigenvalue weighted by Gasteiger charge is 2.29. The molecule has 0 bridgehead atoms. The van der Waals surface area contributed by atoms with Gasteiger partial charge in [0.1, 0.15) is 0 Å². The highest BCUT2D eigenvalue weighted by molar-refractivity contribution is 5.37. The van der Waals surface area contributed by atoms with Crippen molar-refractivity contribution in [3.63, 3.8) is 0 Å². The van der Waals surface area contributed by atoms with Crippen LogP contribution in [0, 0.1) is 17.5 Å². The van der Waals surface area contributed by atoms with Gasteiger partial charge in [-0.2, -0.15) is 0 Å². The molecule has 1 aromatic carbocycles. The minimum Gasteiger partial charge on any atom is -0.310 e. The van der Waals surface area contributed by atoms with Crippen LogP contribution in [0.5, 0.6) is 0 Å². The number of halogens is 3. The van der Waals surface area contributed by atoms with Gasteiger partial charge in [-0.15, -0.1) is 0 Å². The van der Waals surface area contributed by atoms with Gasteiger partial charge in [-0.05, 0) is 30.5 Å². The first-order chi connectivity index (χ1) is 9.47. The fourth-order valence-corrected chi connectivity index (χ4v) is 2.62. The Morgan fingerprint density at radius 2 is 1.70 bits per heavy atom. The molecule has 2 aromatic rings. The molecule has 1 aliphatic carbocycles. The molecule has 3 rings (SSSR count). The summed E-state index contributed by atoms with van der Waals surface area (Å²) in [5, 5.41) is 0. The van der Waals surface area contributed by atoms with Crippen LogP contribution in [0.4, 0.5) is 13.2 Å². The summed E-state index contributed by atoms with van der Waals surface area (Å²) in [6, 6.07) is 1.77. The predicted octanol–water partition coefficient (Wildman–Crippen LogP) is 1.56. The number of hydrogen-bond donors (Lipinski definition) is 2. The summed E-state index contributed by atoms with van der Waals surface area (Å²) >= 11 is 0. The molecule has 2 N–H and O–H groups in total. The zero-order valence-electron chi connectivity index (χ0n) is 10.1. The Morgan fingerprint density at radius 3 is 2.35 bits per heavy atom. The smallest absolute Gasteiger partial charge is 0.310 e. The van der Waals surface area contributed by atoms with Crippen molar-refractivity contribution < 1.29 is 13.2 Å². The molecule has 0 aliphatic heterocycles. The van der Waals surface area contributed by atoms with Crippen molar-refractivity contribution in [1.29, 1.82) is 0 Å². The lowest BCUT2D eigenvalue weighted by Crippen LogP contribution is -2.26. The standard InChI is InChI=1S/C13H9F3N2O2/c14-8-3-5(4-9(15)10(8)16)6-1-2-7-11(6)17-13(20)18-12(7)19/h3-4,6H,1-2H2,(H2,17,18,19,20). The molecule has 7 heteroatoms. The van der Waals surface area contributed by atoms with E-state index >= 15 is 0 Å². The molecule has 4 nitrogen and oxygen atoms in total. The number of benzene rings is 1. The number of rotatable bonds is 1. The molecule has 0 saturated heterocycles.